The molecule has 0 spiro atoms. The van der Waals surface area contributed by atoms with Crippen molar-refractivity contribution in [3.63, 3.8) is 0 Å². The van der Waals surface area contributed by atoms with Crippen molar-refractivity contribution in [1.29, 1.82) is 0 Å². The number of nitro benzene ring substituents is 1. The van der Waals surface area contributed by atoms with E-state index in [-0.39, 0.29) is 17.2 Å². The molecule has 21 heavy (non-hydrogen) atoms. The fraction of sp³-hybridized carbons (Fsp3) is 0.500. The largest absolute Gasteiger partial charge is 0.496 e. The molecule has 1 aromatic rings. The van der Waals surface area contributed by atoms with Crippen molar-refractivity contribution in [2.45, 2.75) is 6.42 Å². The number of hydrogen-bond donors (Lipinski definition) is 0. The molecule has 1 aromatic carbocycles. The normalized spacial score (nSPS) is 16.4. The summed E-state index contributed by atoms with van der Waals surface area (Å²) < 4.78 is 5.16. The van der Waals surface area contributed by atoms with Crippen LogP contribution < -0.4 is 4.74 Å². The number of rotatable bonds is 3. The lowest BCUT2D eigenvalue weighted by Crippen LogP contribution is -2.34. The van der Waals surface area contributed by atoms with Gasteiger partial charge in [0, 0.05) is 31.8 Å². The van der Waals surface area contributed by atoms with Crippen molar-refractivity contribution in [2.75, 3.05) is 40.3 Å². The van der Waals surface area contributed by atoms with E-state index in [1.165, 1.54) is 25.3 Å². The molecule has 2 rings (SSSR count). The lowest BCUT2D eigenvalue weighted by Gasteiger charge is -2.21. The van der Waals surface area contributed by atoms with E-state index < -0.39 is 4.92 Å². The zero-order valence-electron chi connectivity index (χ0n) is 12.2. The van der Waals surface area contributed by atoms with Crippen LogP contribution in [0.4, 0.5) is 5.69 Å². The third kappa shape index (κ3) is 3.49. The van der Waals surface area contributed by atoms with Gasteiger partial charge in [-0.15, -0.1) is 0 Å². The third-order valence-electron chi connectivity index (χ3n) is 3.63. The van der Waals surface area contributed by atoms with Crippen molar-refractivity contribution >= 4 is 11.6 Å². The SMILES string of the molecule is COc1ccc([N+](=O)[O-])cc1C(=O)N1CCCN(C)CC1. The Morgan fingerprint density at radius 3 is 2.71 bits per heavy atom. The molecule has 0 unspecified atom stereocenters. The van der Waals surface area contributed by atoms with Crippen molar-refractivity contribution in [3.8, 4) is 5.75 Å². The molecule has 0 aromatic heterocycles. The first kappa shape index (κ1) is 15.2. The Bertz CT molecular complexity index is 547. The van der Waals surface area contributed by atoms with Crippen LogP contribution in [0, 0.1) is 10.1 Å². The molecule has 0 saturated carbocycles. The summed E-state index contributed by atoms with van der Waals surface area (Å²) in [7, 11) is 3.47. The minimum Gasteiger partial charge on any atom is -0.496 e. The number of hydrogen-bond acceptors (Lipinski definition) is 5. The predicted octanol–water partition coefficient (Wildman–Crippen LogP) is 1.38. The Labute approximate surface area is 123 Å². The molecule has 0 N–H and O–H groups in total. The van der Waals surface area contributed by atoms with Gasteiger partial charge in [0.15, 0.2) is 0 Å². The van der Waals surface area contributed by atoms with E-state index in [0.29, 0.717) is 18.8 Å². The van der Waals surface area contributed by atoms with Gasteiger partial charge in [0.2, 0.25) is 0 Å². The molecule has 0 radical (unpaired) electrons. The monoisotopic (exact) mass is 293 g/mol. The summed E-state index contributed by atoms with van der Waals surface area (Å²) in [6.07, 6.45) is 0.888. The highest BCUT2D eigenvalue weighted by Crippen LogP contribution is 2.25. The number of nitro groups is 1. The minimum atomic E-state index is -0.508. The summed E-state index contributed by atoms with van der Waals surface area (Å²) in [6.45, 7) is 3.00. The zero-order valence-corrected chi connectivity index (χ0v) is 12.2. The smallest absolute Gasteiger partial charge is 0.270 e. The summed E-state index contributed by atoms with van der Waals surface area (Å²) >= 11 is 0. The van der Waals surface area contributed by atoms with E-state index >= 15 is 0 Å². The molecule has 1 aliphatic rings. The fourth-order valence-corrected chi connectivity index (χ4v) is 2.40. The number of ether oxygens (including phenoxy) is 1. The second kappa shape index (κ2) is 6.53. The van der Waals surface area contributed by atoms with E-state index in [1.54, 1.807) is 4.90 Å². The summed E-state index contributed by atoms with van der Waals surface area (Å²) in [4.78, 5) is 26.9. The topological polar surface area (TPSA) is 75.9 Å². The van der Waals surface area contributed by atoms with Crippen LogP contribution in [0.25, 0.3) is 0 Å². The molecule has 1 aliphatic heterocycles. The summed E-state index contributed by atoms with van der Waals surface area (Å²) in [5.41, 5.74) is 0.141. The summed E-state index contributed by atoms with van der Waals surface area (Å²) in [6, 6.07) is 4.09. The molecular formula is C14H19N3O4. The van der Waals surface area contributed by atoms with Crippen LogP contribution in [0.2, 0.25) is 0 Å². The number of nitrogens with zero attached hydrogens (tertiary/aromatic N) is 3. The van der Waals surface area contributed by atoms with Gasteiger partial charge in [0.05, 0.1) is 17.6 Å². The minimum absolute atomic E-state index is 0.105. The van der Waals surface area contributed by atoms with Crippen molar-refractivity contribution in [2.24, 2.45) is 0 Å². The average Bonchev–Trinajstić information content (AvgIpc) is 2.70. The lowest BCUT2D eigenvalue weighted by molar-refractivity contribution is -0.384. The van der Waals surface area contributed by atoms with Gasteiger partial charge in [-0.2, -0.15) is 0 Å². The van der Waals surface area contributed by atoms with Crippen LogP contribution in [0.5, 0.6) is 5.75 Å². The number of benzene rings is 1. The van der Waals surface area contributed by atoms with E-state index in [1.807, 2.05) is 7.05 Å². The predicted molar refractivity (Wildman–Crippen MR) is 77.7 cm³/mol. The van der Waals surface area contributed by atoms with Gasteiger partial charge < -0.3 is 14.5 Å². The molecule has 0 atom stereocenters. The van der Waals surface area contributed by atoms with Crippen molar-refractivity contribution in [3.05, 3.63) is 33.9 Å². The van der Waals surface area contributed by atoms with E-state index in [9.17, 15) is 14.9 Å². The van der Waals surface area contributed by atoms with Gasteiger partial charge in [-0.3, -0.25) is 14.9 Å². The van der Waals surface area contributed by atoms with Gasteiger partial charge >= 0.3 is 0 Å². The number of methoxy groups -OCH3 is 1. The molecule has 1 fully saturated rings. The maximum absolute atomic E-state index is 12.6. The molecular weight excluding hydrogens is 274 g/mol. The molecule has 0 bridgehead atoms. The Balaban J connectivity index is 2.28. The first-order valence-corrected chi connectivity index (χ1v) is 6.83. The number of likely N-dealkylation sites (N-methyl/N-ethyl adjacent to an activating group) is 1. The van der Waals surface area contributed by atoms with Gasteiger partial charge in [0.1, 0.15) is 5.75 Å². The van der Waals surface area contributed by atoms with E-state index in [2.05, 4.69) is 4.90 Å². The summed E-state index contributed by atoms with van der Waals surface area (Å²) in [5, 5.41) is 10.9. The number of carbonyl (C=O) groups is 1. The zero-order chi connectivity index (χ0) is 15.4. The molecule has 1 saturated heterocycles. The number of amides is 1. The van der Waals surface area contributed by atoms with Crippen LogP contribution >= 0.6 is 0 Å². The number of non-ortho nitro benzene ring substituents is 1. The molecule has 7 nitrogen and oxygen atoms in total. The highest BCUT2D eigenvalue weighted by molar-refractivity contribution is 5.97. The van der Waals surface area contributed by atoms with Crippen LogP contribution in [0.15, 0.2) is 18.2 Å². The lowest BCUT2D eigenvalue weighted by atomic mass is 10.1. The average molecular weight is 293 g/mol. The standard InChI is InChI=1S/C14H19N3O4/c1-15-6-3-7-16(9-8-15)14(18)12-10-11(17(19)20)4-5-13(12)21-2/h4-5,10H,3,6-9H2,1-2H3. The first-order valence-electron chi connectivity index (χ1n) is 6.83. The van der Waals surface area contributed by atoms with Crippen molar-refractivity contribution in [1.82, 2.24) is 9.80 Å². The van der Waals surface area contributed by atoms with Gasteiger partial charge in [0.25, 0.3) is 11.6 Å². The second-order valence-corrected chi connectivity index (χ2v) is 5.09. The van der Waals surface area contributed by atoms with Crippen molar-refractivity contribution < 1.29 is 14.5 Å². The first-order chi connectivity index (χ1) is 10.0. The third-order valence-corrected chi connectivity index (χ3v) is 3.63. The number of carbonyl (C=O) groups excluding carboxylic acids is 1. The molecule has 0 aliphatic carbocycles. The Kier molecular flexibility index (Phi) is 4.74. The Morgan fingerprint density at radius 1 is 1.29 bits per heavy atom. The maximum atomic E-state index is 12.6. The molecule has 1 heterocycles. The van der Waals surface area contributed by atoms with Crippen LogP contribution in [-0.4, -0.2) is 61.0 Å². The molecule has 114 valence electrons. The Hall–Kier alpha value is -2.15. The highest BCUT2D eigenvalue weighted by Gasteiger charge is 2.24. The maximum Gasteiger partial charge on any atom is 0.270 e. The van der Waals surface area contributed by atoms with E-state index in [0.717, 1.165) is 19.5 Å². The summed E-state index contributed by atoms with van der Waals surface area (Å²) in [5.74, 6) is 0.147. The second-order valence-electron chi connectivity index (χ2n) is 5.09. The van der Waals surface area contributed by atoms with Gasteiger partial charge in [-0.05, 0) is 26.1 Å². The fourth-order valence-electron chi connectivity index (χ4n) is 2.40. The van der Waals surface area contributed by atoms with Crippen LogP contribution in [0.1, 0.15) is 16.8 Å². The van der Waals surface area contributed by atoms with Crippen LogP contribution in [-0.2, 0) is 0 Å². The van der Waals surface area contributed by atoms with Gasteiger partial charge in [-0.25, -0.2) is 0 Å². The molecule has 1 amide bonds. The quantitative estimate of drug-likeness (QED) is 0.621. The van der Waals surface area contributed by atoms with Gasteiger partial charge in [-0.1, -0.05) is 0 Å². The Morgan fingerprint density at radius 2 is 2.05 bits per heavy atom. The highest BCUT2D eigenvalue weighted by atomic mass is 16.6. The van der Waals surface area contributed by atoms with Crippen LogP contribution in [0.3, 0.4) is 0 Å². The van der Waals surface area contributed by atoms with E-state index in [4.69, 9.17) is 4.74 Å². The molecule has 7 heteroatoms.